The van der Waals surface area contributed by atoms with Crippen LogP contribution in [0.25, 0.3) is 0 Å². The lowest BCUT2D eigenvalue weighted by Gasteiger charge is -2.27. The van der Waals surface area contributed by atoms with E-state index in [-0.39, 0.29) is 30.7 Å². The minimum Gasteiger partial charge on any atom is -0.466 e. The molecule has 2 aromatic rings. The van der Waals surface area contributed by atoms with Gasteiger partial charge in [-0.2, -0.15) is 0 Å². The van der Waals surface area contributed by atoms with Crippen LogP contribution >= 0.6 is 0 Å². The molecule has 2 aromatic carbocycles. The lowest BCUT2D eigenvalue weighted by Crippen LogP contribution is -2.42. The predicted molar refractivity (Wildman–Crippen MR) is 134 cm³/mol. The topological polar surface area (TPSA) is 84.9 Å². The van der Waals surface area contributed by atoms with E-state index in [0.29, 0.717) is 52.2 Å². The highest BCUT2D eigenvalue weighted by Gasteiger charge is 2.29. The number of ether oxygens (including phenoxy) is 2. The number of nitrogens with one attached hydrogen (secondary N) is 1. The molecule has 7 nitrogen and oxygen atoms in total. The van der Waals surface area contributed by atoms with E-state index in [2.05, 4.69) is 5.32 Å². The standard InChI is InChI=1S/C28H36N2O5/c1-2-35-28(33)25(20-23-11-7-4-8-12-23)21-24(19-22-9-5-3-6-10-22)27(32)29-14-13-26(31)30-15-17-34-18-16-30/h3-12,24-25H,2,13-21H2,1H3,(H,29,32)/t24-,25-/m0/s1. The van der Waals surface area contributed by atoms with Gasteiger partial charge in [-0.3, -0.25) is 14.4 Å². The van der Waals surface area contributed by atoms with Gasteiger partial charge in [-0.1, -0.05) is 60.7 Å². The highest BCUT2D eigenvalue weighted by Crippen LogP contribution is 2.23. The number of esters is 1. The Balaban J connectivity index is 1.67. The van der Waals surface area contributed by atoms with E-state index in [0.717, 1.165) is 11.1 Å². The van der Waals surface area contributed by atoms with E-state index in [9.17, 15) is 14.4 Å². The van der Waals surface area contributed by atoms with Crippen molar-refractivity contribution < 1.29 is 23.9 Å². The molecule has 0 unspecified atom stereocenters. The monoisotopic (exact) mass is 480 g/mol. The Morgan fingerprint density at radius 1 is 0.914 bits per heavy atom. The van der Waals surface area contributed by atoms with E-state index in [1.54, 1.807) is 11.8 Å². The summed E-state index contributed by atoms with van der Waals surface area (Å²) in [5.41, 5.74) is 2.06. The fraction of sp³-hybridized carbons (Fsp3) is 0.464. The van der Waals surface area contributed by atoms with Crippen molar-refractivity contribution in [1.82, 2.24) is 10.2 Å². The minimum absolute atomic E-state index is 0.0155. The third-order valence-electron chi connectivity index (χ3n) is 6.21. The Morgan fingerprint density at radius 3 is 2.06 bits per heavy atom. The molecule has 0 spiro atoms. The Hall–Kier alpha value is -3.19. The molecule has 1 aliphatic heterocycles. The molecule has 188 valence electrons. The van der Waals surface area contributed by atoms with Crippen molar-refractivity contribution >= 4 is 17.8 Å². The number of hydrogen-bond acceptors (Lipinski definition) is 5. The van der Waals surface area contributed by atoms with Crippen LogP contribution in [0.5, 0.6) is 0 Å². The molecule has 0 radical (unpaired) electrons. The highest BCUT2D eigenvalue weighted by molar-refractivity contribution is 5.82. The fourth-order valence-electron chi connectivity index (χ4n) is 4.35. The second-order valence-electron chi connectivity index (χ2n) is 8.80. The largest absolute Gasteiger partial charge is 0.466 e. The van der Waals surface area contributed by atoms with Gasteiger partial charge in [0.05, 0.1) is 25.7 Å². The number of carbonyl (C=O) groups is 3. The second kappa shape index (κ2) is 14.3. The lowest BCUT2D eigenvalue weighted by atomic mass is 9.85. The van der Waals surface area contributed by atoms with Crippen LogP contribution in [-0.4, -0.2) is 62.1 Å². The molecule has 1 saturated heterocycles. The van der Waals surface area contributed by atoms with Gasteiger partial charge in [0.15, 0.2) is 0 Å². The molecule has 1 N–H and O–H groups in total. The van der Waals surface area contributed by atoms with Gasteiger partial charge in [0.2, 0.25) is 11.8 Å². The summed E-state index contributed by atoms with van der Waals surface area (Å²) in [7, 11) is 0. The van der Waals surface area contributed by atoms with Crippen LogP contribution in [0.2, 0.25) is 0 Å². The first-order valence-corrected chi connectivity index (χ1v) is 12.4. The van der Waals surface area contributed by atoms with Gasteiger partial charge in [0.1, 0.15) is 0 Å². The first kappa shape index (κ1) is 26.4. The van der Waals surface area contributed by atoms with Crippen LogP contribution in [0.4, 0.5) is 0 Å². The summed E-state index contributed by atoms with van der Waals surface area (Å²) in [5, 5.41) is 2.94. The van der Waals surface area contributed by atoms with Crippen LogP contribution in [0, 0.1) is 11.8 Å². The SMILES string of the molecule is CCOC(=O)[C@@H](Cc1ccccc1)C[C@H](Cc1ccccc1)C(=O)NCCC(=O)N1CCOCC1. The fourth-order valence-corrected chi connectivity index (χ4v) is 4.35. The second-order valence-corrected chi connectivity index (χ2v) is 8.80. The summed E-state index contributed by atoms with van der Waals surface area (Å²) in [5.74, 6) is -1.28. The predicted octanol–water partition coefficient (Wildman–Crippen LogP) is 3.02. The third-order valence-corrected chi connectivity index (χ3v) is 6.21. The molecule has 1 aliphatic rings. The van der Waals surface area contributed by atoms with Crippen molar-refractivity contribution in [3.8, 4) is 0 Å². The van der Waals surface area contributed by atoms with Gasteiger partial charge in [0.25, 0.3) is 0 Å². The molecule has 2 atom stereocenters. The molecule has 0 aromatic heterocycles. The first-order chi connectivity index (χ1) is 17.1. The molecule has 3 rings (SSSR count). The first-order valence-electron chi connectivity index (χ1n) is 12.4. The molecular formula is C28H36N2O5. The van der Waals surface area contributed by atoms with Crippen LogP contribution in [-0.2, 0) is 36.7 Å². The number of nitrogens with zero attached hydrogens (tertiary/aromatic N) is 1. The third kappa shape index (κ3) is 8.83. The van der Waals surface area contributed by atoms with E-state index < -0.39 is 11.8 Å². The zero-order chi connectivity index (χ0) is 24.9. The van der Waals surface area contributed by atoms with Crippen molar-refractivity contribution in [1.29, 1.82) is 0 Å². The minimum atomic E-state index is -0.438. The van der Waals surface area contributed by atoms with Crippen molar-refractivity contribution in [3.63, 3.8) is 0 Å². The number of carbonyl (C=O) groups excluding carboxylic acids is 3. The average molecular weight is 481 g/mol. The number of rotatable bonds is 12. The Labute approximate surface area is 207 Å². The van der Waals surface area contributed by atoms with Crippen LogP contribution in [0.3, 0.4) is 0 Å². The zero-order valence-electron chi connectivity index (χ0n) is 20.5. The number of hydrogen-bond donors (Lipinski definition) is 1. The van der Waals surface area contributed by atoms with Gasteiger partial charge in [0, 0.05) is 32.0 Å². The molecule has 7 heteroatoms. The Kier molecular flexibility index (Phi) is 10.8. The van der Waals surface area contributed by atoms with Crippen molar-refractivity contribution in [3.05, 3.63) is 71.8 Å². The number of amides is 2. The zero-order valence-corrected chi connectivity index (χ0v) is 20.5. The highest BCUT2D eigenvalue weighted by atomic mass is 16.5. The van der Waals surface area contributed by atoms with Crippen molar-refractivity contribution in [2.24, 2.45) is 11.8 Å². The normalized spacial score (nSPS) is 15.2. The van der Waals surface area contributed by atoms with Gasteiger partial charge in [-0.25, -0.2) is 0 Å². The van der Waals surface area contributed by atoms with Crippen LogP contribution < -0.4 is 5.32 Å². The van der Waals surface area contributed by atoms with E-state index in [1.807, 2.05) is 60.7 Å². The van der Waals surface area contributed by atoms with Gasteiger partial charge >= 0.3 is 5.97 Å². The summed E-state index contributed by atoms with van der Waals surface area (Å²) in [6.45, 7) is 4.62. The summed E-state index contributed by atoms with van der Waals surface area (Å²) < 4.78 is 10.7. The number of benzene rings is 2. The quantitative estimate of drug-likeness (QED) is 0.472. The lowest BCUT2D eigenvalue weighted by molar-refractivity contribution is -0.148. The summed E-state index contributed by atoms with van der Waals surface area (Å²) in [4.78, 5) is 40.3. The molecule has 1 fully saturated rings. The molecule has 2 amide bonds. The molecule has 35 heavy (non-hydrogen) atoms. The summed E-state index contributed by atoms with van der Waals surface area (Å²) in [6, 6.07) is 19.6. The smallest absolute Gasteiger partial charge is 0.309 e. The van der Waals surface area contributed by atoms with Crippen molar-refractivity contribution in [2.75, 3.05) is 39.5 Å². The Bertz CT molecular complexity index is 929. The van der Waals surface area contributed by atoms with E-state index in [4.69, 9.17) is 9.47 Å². The van der Waals surface area contributed by atoms with Gasteiger partial charge in [-0.05, 0) is 37.3 Å². The average Bonchev–Trinajstić information content (AvgIpc) is 2.89. The molecular weight excluding hydrogens is 444 g/mol. The summed E-state index contributed by atoms with van der Waals surface area (Å²) >= 11 is 0. The maximum Gasteiger partial charge on any atom is 0.309 e. The summed E-state index contributed by atoms with van der Waals surface area (Å²) in [6.07, 6.45) is 1.63. The van der Waals surface area contributed by atoms with Crippen LogP contribution in [0.15, 0.2) is 60.7 Å². The van der Waals surface area contributed by atoms with E-state index >= 15 is 0 Å². The van der Waals surface area contributed by atoms with Crippen LogP contribution in [0.1, 0.15) is 30.9 Å². The maximum absolute atomic E-state index is 13.3. The van der Waals surface area contributed by atoms with Crippen molar-refractivity contribution in [2.45, 2.75) is 32.6 Å². The molecule has 0 aliphatic carbocycles. The van der Waals surface area contributed by atoms with Gasteiger partial charge < -0.3 is 19.7 Å². The van der Waals surface area contributed by atoms with E-state index in [1.165, 1.54) is 0 Å². The molecule has 1 heterocycles. The molecule has 0 bridgehead atoms. The molecule has 0 saturated carbocycles. The number of morpholine rings is 1. The maximum atomic E-state index is 13.3. The Morgan fingerprint density at radius 2 is 1.49 bits per heavy atom. The van der Waals surface area contributed by atoms with Gasteiger partial charge in [-0.15, -0.1) is 0 Å².